The van der Waals surface area contributed by atoms with Crippen LogP contribution < -0.4 is 5.32 Å². The summed E-state index contributed by atoms with van der Waals surface area (Å²) in [6.45, 7) is 14.1. The van der Waals surface area contributed by atoms with E-state index in [0.29, 0.717) is 11.5 Å². The van der Waals surface area contributed by atoms with Crippen molar-refractivity contribution in [1.82, 2.24) is 10.2 Å². The van der Waals surface area contributed by atoms with Gasteiger partial charge in [0, 0.05) is 18.6 Å². The summed E-state index contributed by atoms with van der Waals surface area (Å²) in [5.74, 6) is 0.813. The molecule has 2 heteroatoms. The first-order valence-corrected chi connectivity index (χ1v) is 7.83. The molecule has 1 fully saturated rings. The van der Waals surface area contributed by atoms with Gasteiger partial charge in [-0.1, -0.05) is 27.7 Å². The van der Waals surface area contributed by atoms with Gasteiger partial charge >= 0.3 is 0 Å². The van der Waals surface area contributed by atoms with Crippen molar-refractivity contribution >= 4 is 0 Å². The van der Waals surface area contributed by atoms with Gasteiger partial charge in [-0.05, 0) is 57.5 Å². The standard InChI is InChI=1S/C16H34N2/c1-7-13(3)18(6)12-14-11-16(4,5)10-9-15(14)17-8-2/h13-15,17H,7-12H2,1-6H3. The normalized spacial score (nSPS) is 29.5. The summed E-state index contributed by atoms with van der Waals surface area (Å²) in [4.78, 5) is 2.55. The number of nitrogens with zero attached hydrogens (tertiary/aromatic N) is 1. The lowest BCUT2D eigenvalue weighted by atomic mass is 9.69. The molecule has 0 radical (unpaired) electrons. The van der Waals surface area contributed by atoms with E-state index in [9.17, 15) is 0 Å². The number of nitrogens with one attached hydrogen (secondary N) is 1. The van der Waals surface area contributed by atoms with Gasteiger partial charge in [-0.15, -0.1) is 0 Å². The molecule has 0 bridgehead atoms. The molecule has 1 aliphatic carbocycles. The van der Waals surface area contributed by atoms with Crippen molar-refractivity contribution < 1.29 is 0 Å². The van der Waals surface area contributed by atoms with Crippen LogP contribution in [-0.2, 0) is 0 Å². The molecule has 0 heterocycles. The number of rotatable bonds is 6. The molecule has 2 nitrogen and oxygen atoms in total. The van der Waals surface area contributed by atoms with Gasteiger partial charge in [-0.2, -0.15) is 0 Å². The Morgan fingerprint density at radius 1 is 1.33 bits per heavy atom. The topological polar surface area (TPSA) is 15.3 Å². The van der Waals surface area contributed by atoms with Gasteiger partial charge in [0.2, 0.25) is 0 Å². The Labute approximate surface area is 115 Å². The van der Waals surface area contributed by atoms with Crippen molar-refractivity contribution in [2.75, 3.05) is 20.1 Å². The Morgan fingerprint density at radius 2 is 2.00 bits per heavy atom. The lowest BCUT2D eigenvalue weighted by Crippen LogP contribution is -2.48. The van der Waals surface area contributed by atoms with Crippen molar-refractivity contribution in [3.05, 3.63) is 0 Å². The summed E-state index contributed by atoms with van der Waals surface area (Å²) in [6.07, 6.45) is 5.33. The van der Waals surface area contributed by atoms with Crippen molar-refractivity contribution in [3.8, 4) is 0 Å². The average molecular weight is 254 g/mol. The van der Waals surface area contributed by atoms with Gasteiger partial charge in [0.25, 0.3) is 0 Å². The average Bonchev–Trinajstić information content (AvgIpc) is 2.31. The molecule has 0 aromatic carbocycles. The van der Waals surface area contributed by atoms with Crippen LogP contribution in [-0.4, -0.2) is 37.1 Å². The highest BCUT2D eigenvalue weighted by atomic mass is 15.1. The van der Waals surface area contributed by atoms with E-state index in [4.69, 9.17) is 0 Å². The molecule has 0 saturated heterocycles. The molecule has 0 aliphatic heterocycles. The monoisotopic (exact) mass is 254 g/mol. The third kappa shape index (κ3) is 4.55. The molecule has 0 aromatic heterocycles. The zero-order chi connectivity index (χ0) is 13.8. The SMILES string of the molecule is CCNC1CCC(C)(C)CC1CN(C)C(C)CC. The van der Waals surface area contributed by atoms with Crippen LogP contribution in [0.3, 0.4) is 0 Å². The second kappa shape index (κ2) is 6.91. The minimum Gasteiger partial charge on any atom is -0.314 e. The van der Waals surface area contributed by atoms with E-state index in [2.05, 4.69) is 51.9 Å². The molecular weight excluding hydrogens is 220 g/mol. The molecule has 18 heavy (non-hydrogen) atoms. The molecule has 0 amide bonds. The maximum absolute atomic E-state index is 3.71. The van der Waals surface area contributed by atoms with Crippen LogP contribution in [0.5, 0.6) is 0 Å². The molecule has 1 aliphatic rings. The maximum atomic E-state index is 3.71. The second-order valence-electron chi connectivity index (χ2n) is 7.03. The molecule has 0 aromatic rings. The molecular formula is C16H34N2. The quantitative estimate of drug-likeness (QED) is 0.780. The van der Waals surface area contributed by atoms with E-state index in [1.165, 1.54) is 32.2 Å². The Bertz CT molecular complexity index is 237. The first-order valence-electron chi connectivity index (χ1n) is 7.83. The summed E-state index contributed by atoms with van der Waals surface area (Å²) < 4.78 is 0. The van der Waals surface area contributed by atoms with Crippen LogP contribution in [0.4, 0.5) is 0 Å². The largest absolute Gasteiger partial charge is 0.314 e. The highest BCUT2D eigenvalue weighted by molar-refractivity contribution is 4.90. The first kappa shape index (κ1) is 16.0. The fraction of sp³-hybridized carbons (Fsp3) is 1.00. The molecule has 0 spiro atoms. The van der Waals surface area contributed by atoms with Gasteiger partial charge in [0.1, 0.15) is 0 Å². The van der Waals surface area contributed by atoms with E-state index in [1.807, 2.05) is 0 Å². The van der Waals surface area contributed by atoms with Crippen LogP contribution in [0.15, 0.2) is 0 Å². The van der Waals surface area contributed by atoms with E-state index >= 15 is 0 Å². The first-order chi connectivity index (χ1) is 8.39. The summed E-state index contributed by atoms with van der Waals surface area (Å²) in [7, 11) is 2.29. The maximum Gasteiger partial charge on any atom is 0.0108 e. The zero-order valence-electron chi connectivity index (χ0n) is 13.4. The minimum atomic E-state index is 0.535. The predicted molar refractivity (Wildman–Crippen MR) is 81.0 cm³/mol. The van der Waals surface area contributed by atoms with E-state index in [0.717, 1.165) is 18.5 Å². The predicted octanol–water partition coefficient (Wildman–Crippen LogP) is 3.52. The summed E-state index contributed by atoms with van der Waals surface area (Å²) in [5.41, 5.74) is 0.535. The molecule has 1 N–H and O–H groups in total. The van der Waals surface area contributed by atoms with Gasteiger partial charge < -0.3 is 10.2 Å². The third-order valence-corrected chi connectivity index (χ3v) is 4.85. The highest BCUT2D eigenvalue weighted by Gasteiger charge is 2.35. The van der Waals surface area contributed by atoms with Gasteiger partial charge in [0.15, 0.2) is 0 Å². The van der Waals surface area contributed by atoms with Gasteiger partial charge in [0.05, 0.1) is 0 Å². The van der Waals surface area contributed by atoms with Gasteiger partial charge in [-0.3, -0.25) is 0 Å². The summed E-state index contributed by atoms with van der Waals surface area (Å²) in [6, 6.07) is 1.44. The number of hydrogen-bond acceptors (Lipinski definition) is 2. The number of hydrogen-bond donors (Lipinski definition) is 1. The second-order valence-corrected chi connectivity index (χ2v) is 7.03. The Balaban J connectivity index is 2.60. The van der Waals surface area contributed by atoms with Crippen molar-refractivity contribution in [1.29, 1.82) is 0 Å². The summed E-state index contributed by atoms with van der Waals surface area (Å²) >= 11 is 0. The zero-order valence-corrected chi connectivity index (χ0v) is 13.4. The molecule has 1 rings (SSSR count). The van der Waals surface area contributed by atoms with Crippen LogP contribution in [0.2, 0.25) is 0 Å². The molecule has 3 unspecified atom stereocenters. The van der Waals surface area contributed by atoms with Gasteiger partial charge in [-0.25, -0.2) is 0 Å². The van der Waals surface area contributed by atoms with Crippen LogP contribution in [0, 0.1) is 11.3 Å². The summed E-state index contributed by atoms with van der Waals surface area (Å²) in [5, 5.41) is 3.71. The lowest BCUT2D eigenvalue weighted by molar-refractivity contribution is 0.0965. The molecule has 3 atom stereocenters. The van der Waals surface area contributed by atoms with E-state index in [1.54, 1.807) is 0 Å². The Kier molecular flexibility index (Phi) is 6.13. The fourth-order valence-corrected chi connectivity index (χ4v) is 3.32. The lowest BCUT2D eigenvalue weighted by Gasteiger charge is -2.43. The van der Waals surface area contributed by atoms with Crippen molar-refractivity contribution in [2.45, 2.75) is 72.4 Å². The highest BCUT2D eigenvalue weighted by Crippen LogP contribution is 2.39. The molecule has 1 saturated carbocycles. The fourth-order valence-electron chi connectivity index (χ4n) is 3.32. The minimum absolute atomic E-state index is 0.535. The van der Waals surface area contributed by atoms with E-state index < -0.39 is 0 Å². The van der Waals surface area contributed by atoms with Crippen LogP contribution in [0.25, 0.3) is 0 Å². The Hall–Kier alpha value is -0.0800. The van der Waals surface area contributed by atoms with Crippen LogP contribution >= 0.6 is 0 Å². The van der Waals surface area contributed by atoms with Crippen molar-refractivity contribution in [3.63, 3.8) is 0 Å². The molecule has 108 valence electrons. The smallest absolute Gasteiger partial charge is 0.0108 e. The third-order valence-electron chi connectivity index (χ3n) is 4.85. The Morgan fingerprint density at radius 3 is 2.56 bits per heavy atom. The van der Waals surface area contributed by atoms with Crippen molar-refractivity contribution in [2.24, 2.45) is 11.3 Å². The van der Waals surface area contributed by atoms with Crippen LogP contribution in [0.1, 0.15) is 60.3 Å². The van der Waals surface area contributed by atoms with E-state index in [-0.39, 0.29) is 0 Å².